The van der Waals surface area contributed by atoms with Crippen molar-refractivity contribution >= 4 is 29.0 Å². The predicted molar refractivity (Wildman–Crippen MR) is 57.2 cm³/mol. The van der Waals surface area contributed by atoms with Crippen LogP contribution in [0.2, 0.25) is 0 Å². The van der Waals surface area contributed by atoms with Crippen molar-refractivity contribution in [3.05, 3.63) is 41.5 Å². The molecule has 0 spiro atoms. The highest BCUT2D eigenvalue weighted by Gasteiger charge is 2.09. The fourth-order valence-electron chi connectivity index (χ4n) is 0.927. The summed E-state index contributed by atoms with van der Waals surface area (Å²) in [5, 5.41) is 9.67. The maximum absolute atomic E-state index is 9.67. The Labute approximate surface area is 87.6 Å². The van der Waals surface area contributed by atoms with Gasteiger partial charge in [-0.15, -0.1) is 23.2 Å². The van der Waals surface area contributed by atoms with Gasteiger partial charge < -0.3 is 5.11 Å². The molecule has 0 aliphatic carbocycles. The van der Waals surface area contributed by atoms with Crippen LogP contribution in [0, 0.1) is 0 Å². The van der Waals surface area contributed by atoms with E-state index in [1.54, 1.807) is 19.1 Å². The van der Waals surface area contributed by atoms with Gasteiger partial charge in [0, 0.05) is 11.1 Å². The molecule has 0 saturated heterocycles. The van der Waals surface area contributed by atoms with Gasteiger partial charge in [-0.1, -0.05) is 30.3 Å². The number of alkyl halides is 2. The molecule has 1 aromatic rings. The fourth-order valence-corrected chi connectivity index (χ4v) is 1.13. The second-order valence-corrected chi connectivity index (χ2v) is 3.79. The molecule has 0 unspecified atom stereocenters. The van der Waals surface area contributed by atoms with Crippen molar-refractivity contribution in [2.24, 2.45) is 0 Å². The molecule has 0 atom stereocenters. The summed E-state index contributed by atoms with van der Waals surface area (Å²) in [5.74, 6) is 0.149. The van der Waals surface area contributed by atoms with Crippen LogP contribution in [0.4, 0.5) is 0 Å². The van der Waals surface area contributed by atoms with Gasteiger partial charge in [0.25, 0.3) is 0 Å². The summed E-state index contributed by atoms with van der Waals surface area (Å²) < 4.78 is 0. The Morgan fingerprint density at radius 1 is 1.23 bits per heavy atom. The zero-order chi connectivity index (χ0) is 9.84. The summed E-state index contributed by atoms with van der Waals surface area (Å²) in [4.78, 5) is -0.666. The van der Waals surface area contributed by atoms with Crippen molar-refractivity contribution in [3.8, 4) is 0 Å². The van der Waals surface area contributed by atoms with Crippen LogP contribution in [-0.4, -0.2) is 9.94 Å². The topological polar surface area (TPSA) is 20.2 Å². The van der Waals surface area contributed by atoms with Crippen molar-refractivity contribution < 1.29 is 5.11 Å². The van der Waals surface area contributed by atoms with Gasteiger partial charge in [0.05, 0.1) is 0 Å². The van der Waals surface area contributed by atoms with Gasteiger partial charge in [0.1, 0.15) is 10.6 Å². The first kappa shape index (κ1) is 10.4. The molecule has 1 rings (SSSR count). The Morgan fingerprint density at radius 3 is 2.23 bits per heavy atom. The number of rotatable bonds is 2. The van der Waals surface area contributed by atoms with Crippen molar-refractivity contribution in [2.45, 2.75) is 11.8 Å². The lowest BCUT2D eigenvalue weighted by Crippen LogP contribution is -1.95. The lowest BCUT2D eigenvalue weighted by molar-refractivity contribution is 0.506. The Bertz CT molecular complexity index is 304. The predicted octanol–water partition coefficient (Wildman–Crippen LogP) is 3.78. The van der Waals surface area contributed by atoms with Gasteiger partial charge in [-0.25, -0.2) is 0 Å². The molecule has 0 heterocycles. The number of hydrogen-bond donors (Lipinski definition) is 1. The quantitative estimate of drug-likeness (QED) is 0.590. The number of aliphatic hydroxyl groups excluding tert-OH is 1. The third kappa shape index (κ3) is 2.64. The molecule has 0 amide bonds. The van der Waals surface area contributed by atoms with E-state index >= 15 is 0 Å². The Hall–Kier alpha value is -0.660. The first-order valence-corrected chi connectivity index (χ1v) is 4.73. The van der Waals surface area contributed by atoms with E-state index in [0.29, 0.717) is 5.57 Å². The third-order valence-corrected chi connectivity index (χ3v) is 2.40. The molecule has 0 saturated carbocycles. The Balaban J connectivity index is 3.03. The van der Waals surface area contributed by atoms with E-state index in [1.807, 2.05) is 18.2 Å². The van der Waals surface area contributed by atoms with Crippen LogP contribution < -0.4 is 0 Å². The molecule has 0 aliphatic rings. The van der Waals surface area contributed by atoms with Crippen molar-refractivity contribution in [1.29, 1.82) is 0 Å². The molecule has 0 aliphatic heterocycles. The van der Waals surface area contributed by atoms with Gasteiger partial charge in [-0.2, -0.15) is 0 Å². The van der Waals surface area contributed by atoms with E-state index in [2.05, 4.69) is 0 Å². The summed E-state index contributed by atoms with van der Waals surface area (Å²) in [7, 11) is 0. The van der Waals surface area contributed by atoms with Gasteiger partial charge >= 0.3 is 0 Å². The molecular formula is C10H10Cl2O. The minimum Gasteiger partial charge on any atom is -0.507 e. The van der Waals surface area contributed by atoms with Crippen LogP contribution in [0.3, 0.4) is 0 Å². The van der Waals surface area contributed by atoms with Crippen molar-refractivity contribution in [1.82, 2.24) is 0 Å². The summed E-state index contributed by atoms with van der Waals surface area (Å²) in [6, 6.07) is 9.17. The average molecular weight is 217 g/mol. The van der Waals surface area contributed by atoms with Crippen LogP contribution in [0.5, 0.6) is 0 Å². The zero-order valence-corrected chi connectivity index (χ0v) is 8.68. The Morgan fingerprint density at radius 2 is 1.77 bits per heavy atom. The number of hydrogen-bond acceptors (Lipinski definition) is 1. The van der Waals surface area contributed by atoms with Crippen molar-refractivity contribution in [2.75, 3.05) is 0 Å². The van der Waals surface area contributed by atoms with Gasteiger partial charge in [-0.3, -0.25) is 0 Å². The first-order valence-electron chi connectivity index (χ1n) is 3.86. The lowest BCUT2D eigenvalue weighted by Gasteiger charge is -2.06. The maximum atomic E-state index is 9.67. The smallest absolute Gasteiger partial charge is 0.132 e. The van der Waals surface area contributed by atoms with Crippen LogP contribution in [0.25, 0.3) is 5.76 Å². The molecule has 13 heavy (non-hydrogen) atoms. The average Bonchev–Trinajstić information content (AvgIpc) is 2.17. The minimum atomic E-state index is -0.666. The van der Waals surface area contributed by atoms with E-state index in [9.17, 15) is 5.11 Å². The van der Waals surface area contributed by atoms with E-state index in [0.717, 1.165) is 5.56 Å². The fraction of sp³-hybridized carbons (Fsp3) is 0.200. The molecule has 3 heteroatoms. The molecule has 1 aromatic carbocycles. The van der Waals surface area contributed by atoms with Crippen LogP contribution in [0.1, 0.15) is 12.5 Å². The highest BCUT2D eigenvalue weighted by Crippen LogP contribution is 2.22. The molecule has 1 N–H and O–H groups in total. The summed E-state index contributed by atoms with van der Waals surface area (Å²) in [5.41, 5.74) is 1.29. The molecule has 0 fully saturated rings. The summed E-state index contributed by atoms with van der Waals surface area (Å²) in [6.07, 6.45) is 0. The van der Waals surface area contributed by atoms with E-state index in [1.165, 1.54) is 0 Å². The highest BCUT2D eigenvalue weighted by molar-refractivity contribution is 6.46. The largest absolute Gasteiger partial charge is 0.507 e. The number of halogens is 2. The number of allylic oxidation sites excluding steroid dienone is 1. The minimum absolute atomic E-state index is 0.149. The van der Waals surface area contributed by atoms with Gasteiger partial charge in [0.2, 0.25) is 0 Å². The highest BCUT2D eigenvalue weighted by atomic mass is 35.5. The second kappa shape index (κ2) is 4.54. The summed E-state index contributed by atoms with van der Waals surface area (Å²) in [6.45, 7) is 1.70. The van der Waals surface area contributed by atoms with Crippen molar-refractivity contribution in [3.63, 3.8) is 0 Å². The first-order chi connectivity index (χ1) is 6.13. The maximum Gasteiger partial charge on any atom is 0.132 e. The molecule has 0 radical (unpaired) electrons. The molecule has 0 bridgehead atoms. The molecular weight excluding hydrogens is 207 g/mol. The monoisotopic (exact) mass is 216 g/mol. The summed E-state index contributed by atoms with van der Waals surface area (Å²) >= 11 is 11.2. The number of benzene rings is 1. The van der Waals surface area contributed by atoms with Gasteiger partial charge in [0.15, 0.2) is 0 Å². The van der Waals surface area contributed by atoms with Gasteiger partial charge in [-0.05, 0) is 6.92 Å². The standard InChI is InChI=1S/C10H10Cl2O/c1-7(10(11)12)9(13)8-5-3-2-4-6-8/h2-6,10,13H,1H3. The SMILES string of the molecule is CC(=C(O)c1ccccc1)C(Cl)Cl. The molecule has 1 nitrogen and oxygen atoms in total. The van der Waals surface area contributed by atoms with E-state index in [4.69, 9.17) is 23.2 Å². The third-order valence-electron chi connectivity index (χ3n) is 1.75. The van der Waals surface area contributed by atoms with Crippen LogP contribution in [0.15, 0.2) is 35.9 Å². The molecule has 0 aromatic heterocycles. The number of aliphatic hydroxyl groups is 1. The second-order valence-electron chi connectivity index (χ2n) is 2.70. The van der Waals surface area contributed by atoms with E-state index < -0.39 is 4.84 Å². The molecule has 70 valence electrons. The van der Waals surface area contributed by atoms with Crippen LogP contribution >= 0.6 is 23.2 Å². The van der Waals surface area contributed by atoms with Crippen LogP contribution in [-0.2, 0) is 0 Å². The zero-order valence-electron chi connectivity index (χ0n) is 7.17. The van der Waals surface area contributed by atoms with E-state index in [-0.39, 0.29) is 5.76 Å². The normalized spacial score (nSPS) is 12.9. The lowest BCUT2D eigenvalue weighted by atomic mass is 10.1. The Kier molecular flexibility index (Phi) is 3.64.